The molecule has 0 spiro atoms. The molecule has 4 heterocycles. The van der Waals surface area contributed by atoms with E-state index in [9.17, 15) is 4.79 Å². The van der Waals surface area contributed by atoms with Crippen LogP contribution in [0, 0.1) is 5.92 Å². The number of likely N-dealkylation sites (tertiary alicyclic amines) is 1. The van der Waals surface area contributed by atoms with Crippen LogP contribution in [0.2, 0.25) is 0 Å². The molecule has 2 atom stereocenters. The number of carbonyl (C=O) groups excluding carboxylic acids is 1. The first kappa shape index (κ1) is 19.8. The Morgan fingerprint density at radius 3 is 2.94 bits per heavy atom. The van der Waals surface area contributed by atoms with Crippen molar-refractivity contribution in [2.45, 2.75) is 45.4 Å². The van der Waals surface area contributed by atoms with Crippen LogP contribution in [-0.4, -0.2) is 52.0 Å². The van der Waals surface area contributed by atoms with Gasteiger partial charge in [0.1, 0.15) is 11.4 Å². The minimum Gasteiger partial charge on any atom is -0.493 e. The zero-order valence-electron chi connectivity index (χ0n) is 18.2. The van der Waals surface area contributed by atoms with Crippen LogP contribution in [0.5, 0.6) is 5.75 Å². The van der Waals surface area contributed by atoms with Gasteiger partial charge in [0, 0.05) is 31.3 Å². The highest BCUT2D eigenvalue weighted by Gasteiger charge is 2.46. The van der Waals surface area contributed by atoms with Gasteiger partial charge in [0.25, 0.3) is 0 Å². The molecule has 0 saturated carbocycles. The molecule has 5 rings (SSSR count). The predicted molar refractivity (Wildman–Crippen MR) is 117 cm³/mol. The van der Waals surface area contributed by atoms with Gasteiger partial charge in [-0.3, -0.25) is 9.99 Å². The molecule has 1 saturated heterocycles. The first-order valence-electron chi connectivity index (χ1n) is 10.8. The highest BCUT2D eigenvalue weighted by molar-refractivity contribution is 5.95. The van der Waals surface area contributed by atoms with E-state index >= 15 is 0 Å². The minimum absolute atomic E-state index is 0.0635. The molecule has 1 amide bonds. The van der Waals surface area contributed by atoms with Crippen LogP contribution >= 0.6 is 0 Å². The van der Waals surface area contributed by atoms with E-state index in [4.69, 9.17) is 14.6 Å². The zero-order valence-corrected chi connectivity index (χ0v) is 18.2. The number of hydrogen-bond acceptors (Lipinski definition) is 6. The molecule has 31 heavy (non-hydrogen) atoms. The van der Waals surface area contributed by atoms with Crippen molar-refractivity contribution < 1.29 is 14.3 Å². The lowest BCUT2D eigenvalue weighted by molar-refractivity contribution is 0.0274. The second-order valence-corrected chi connectivity index (χ2v) is 9.43. The molecule has 0 N–H and O–H groups in total. The molecule has 7 heteroatoms. The first-order valence-corrected chi connectivity index (χ1v) is 10.8. The van der Waals surface area contributed by atoms with Gasteiger partial charge in [-0.1, -0.05) is 12.1 Å². The van der Waals surface area contributed by atoms with Gasteiger partial charge in [0.15, 0.2) is 0 Å². The van der Waals surface area contributed by atoms with E-state index in [1.165, 1.54) is 11.1 Å². The Balaban J connectivity index is 1.43. The monoisotopic (exact) mass is 420 g/mol. The Kier molecular flexibility index (Phi) is 4.84. The van der Waals surface area contributed by atoms with Gasteiger partial charge < -0.3 is 14.4 Å². The van der Waals surface area contributed by atoms with Crippen LogP contribution < -0.4 is 4.74 Å². The number of nitrogens with zero attached hydrogens (tertiary/aromatic N) is 4. The largest absolute Gasteiger partial charge is 0.493 e. The molecule has 0 aliphatic carbocycles. The van der Waals surface area contributed by atoms with Gasteiger partial charge in [0.05, 0.1) is 31.4 Å². The van der Waals surface area contributed by atoms with E-state index in [0.29, 0.717) is 19.6 Å². The second-order valence-electron chi connectivity index (χ2n) is 9.43. The second kappa shape index (κ2) is 7.55. The molecule has 1 fully saturated rings. The fourth-order valence-corrected chi connectivity index (χ4v) is 4.62. The predicted octanol–water partition coefficient (Wildman–Crippen LogP) is 3.80. The van der Waals surface area contributed by atoms with Crippen LogP contribution in [0.1, 0.15) is 43.5 Å². The Morgan fingerprint density at radius 1 is 1.29 bits per heavy atom. The summed E-state index contributed by atoms with van der Waals surface area (Å²) in [6, 6.07) is 10.5. The molecular formula is C24H28N4O3. The van der Waals surface area contributed by atoms with Crippen molar-refractivity contribution in [3.8, 4) is 5.75 Å². The lowest BCUT2D eigenvalue weighted by Crippen LogP contribution is -2.37. The van der Waals surface area contributed by atoms with Gasteiger partial charge in [-0.15, -0.1) is 0 Å². The summed E-state index contributed by atoms with van der Waals surface area (Å²) in [7, 11) is 0. The summed E-state index contributed by atoms with van der Waals surface area (Å²) in [5, 5.41) is 7.12. The van der Waals surface area contributed by atoms with E-state index in [-0.39, 0.29) is 18.1 Å². The number of hydrogen-bond donors (Lipinski definition) is 0. The third kappa shape index (κ3) is 3.96. The number of benzene rings is 1. The van der Waals surface area contributed by atoms with Crippen molar-refractivity contribution in [1.29, 1.82) is 0 Å². The first-order chi connectivity index (χ1) is 14.9. The summed E-state index contributed by atoms with van der Waals surface area (Å²) in [6.45, 7) is 8.21. The van der Waals surface area contributed by atoms with Gasteiger partial charge in [-0.25, -0.2) is 4.79 Å². The Labute approximate surface area is 182 Å². The molecule has 1 aromatic carbocycles. The average Bonchev–Trinajstić information content (AvgIpc) is 3.41. The number of hydrazone groups is 1. The summed E-state index contributed by atoms with van der Waals surface area (Å²) in [5.41, 5.74) is 4.10. The van der Waals surface area contributed by atoms with E-state index in [1.807, 2.05) is 33.0 Å². The topological polar surface area (TPSA) is 67.3 Å². The van der Waals surface area contributed by atoms with Crippen LogP contribution in [0.4, 0.5) is 4.79 Å². The fourth-order valence-electron chi connectivity index (χ4n) is 4.62. The average molecular weight is 421 g/mol. The molecule has 0 radical (unpaired) electrons. The SMILES string of the molecule is CC(C)(C)OC(=O)N1CC2=NN(Cc3cccnc3)C(c3ccc4c(c3)CCO4)C2C1. The maximum absolute atomic E-state index is 12.7. The summed E-state index contributed by atoms with van der Waals surface area (Å²) in [4.78, 5) is 18.7. The summed E-state index contributed by atoms with van der Waals surface area (Å²) >= 11 is 0. The zero-order chi connectivity index (χ0) is 21.6. The molecule has 2 unspecified atom stereocenters. The molecule has 7 nitrogen and oxygen atoms in total. The Hall–Kier alpha value is -3.09. The normalized spacial score (nSPS) is 22.1. The Bertz CT molecular complexity index is 1020. The summed E-state index contributed by atoms with van der Waals surface area (Å²) in [5.74, 6) is 1.12. The van der Waals surface area contributed by atoms with Gasteiger partial charge in [-0.05, 0) is 55.7 Å². The van der Waals surface area contributed by atoms with Crippen LogP contribution in [-0.2, 0) is 17.7 Å². The van der Waals surface area contributed by atoms with Crippen molar-refractivity contribution in [2.75, 3.05) is 19.7 Å². The number of aromatic nitrogens is 1. The van der Waals surface area contributed by atoms with Crippen molar-refractivity contribution >= 4 is 11.8 Å². The fraction of sp³-hybridized carbons (Fsp3) is 0.458. The van der Waals surface area contributed by atoms with Crippen LogP contribution in [0.3, 0.4) is 0 Å². The third-order valence-electron chi connectivity index (χ3n) is 5.93. The van der Waals surface area contributed by atoms with Crippen molar-refractivity contribution in [2.24, 2.45) is 11.0 Å². The number of carbonyl (C=O) groups is 1. The number of rotatable bonds is 3. The highest BCUT2D eigenvalue weighted by atomic mass is 16.6. The Morgan fingerprint density at radius 2 is 2.16 bits per heavy atom. The number of ether oxygens (including phenoxy) is 2. The lowest BCUT2D eigenvalue weighted by Gasteiger charge is -2.30. The van der Waals surface area contributed by atoms with Crippen molar-refractivity contribution in [3.63, 3.8) is 0 Å². The number of fused-ring (bicyclic) bond motifs is 2. The van der Waals surface area contributed by atoms with Gasteiger partial charge >= 0.3 is 6.09 Å². The summed E-state index contributed by atoms with van der Waals surface area (Å²) in [6.07, 6.45) is 4.32. The molecule has 3 aliphatic rings. The van der Waals surface area contributed by atoms with Crippen LogP contribution in [0.15, 0.2) is 47.8 Å². The van der Waals surface area contributed by atoms with E-state index in [2.05, 4.69) is 34.3 Å². The molecular weight excluding hydrogens is 392 g/mol. The molecule has 2 aromatic rings. The van der Waals surface area contributed by atoms with Crippen molar-refractivity contribution in [3.05, 3.63) is 59.4 Å². The van der Waals surface area contributed by atoms with E-state index < -0.39 is 5.60 Å². The quantitative estimate of drug-likeness (QED) is 0.756. The van der Waals surface area contributed by atoms with E-state index in [0.717, 1.165) is 30.1 Å². The van der Waals surface area contributed by atoms with E-state index in [1.54, 1.807) is 11.1 Å². The highest BCUT2D eigenvalue weighted by Crippen LogP contribution is 2.42. The minimum atomic E-state index is -0.512. The maximum atomic E-state index is 12.7. The number of amides is 1. The standard InChI is InChI=1S/C24H28N4O3/c1-24(2,3)31-23(29)27-14-19-20(15-27)26-28(13-16-5-4-9-25-12-16)22(19)18-6-7-21-17(11-18)8-10-30-21/h4-7,9,11-12,19,22H,8,10,13-15H2,1-3H3. The van der Waals surface area contributed by atoms with Gasteiger partial charge in [0.2, 0.25) is 0 Å². The smallest absolute Gasteiger partial charge is 0.410 e. The molecule has 162 valence electrons. The van der Waals surface area contributed by atoms with Crippen LogP contribution in [0.25, 0.3) is 0 Å². The molecule has 3 aliphatic heterocycles. The molecule has 0 bridgehead atoms. The summed E-state index contributed by atoms with van der Waals surface area (Å²) < 4.78 is 11.3. The lowest BCUT2D eigenvalue weighted by atomic mass is 9.90. The number of pyridine rings is 1. The molecule has 1 aromatic heterocycles. The third-order valence-corrected chi connectivity index (χ3v) is 5.93. The van der Waals surface area contributed by atoms with Crippen molar-refractivity contribution in [1.82, 2.24) is 14.9 Å². The maximum Gasteiger partial charge on any atom is 0.410 e. The van der Waals surface area contributed by atoms with Gasteiger partial charge in [-0.2, -0.15) is 5.10 Å².